The van der Waals surface area contributed by atoms with Gasteiger partial charge in [0.25, 0.3) is 0 Å². The standard InChI is InChI=1S/C43H66N2.2HI.Pd/c1-9-17-24-34-30-36(31-35(25-18-10-2)40(34)26-19-11-3)42-38(16-8)41(27-20-12-4)43(45(42)44)37-28-32(21-13-5)39(23-15-7)33(29-37)22-14-6;;;/h28-31H,9-27H2,1-8H3;2*1H;/q;;;+2/p-2. The number of halogens is 2. The van der Waals surface area contributed by atoms with E-state index < -0.39 is 0 Å². The topological polar surface area (TPSA) is 25.3 Å². The summed E-state index contributed by atoms with van der Waals surface area (Å²) in [6, 6.07) is 9.84. The van der Waals surface area contributed by atoms with Gasteiger partial charge in [-0.1, -0.05) is 100 Å². The van der Waals surface area contributed by atoms with Crippen molar-refractivity contribution in [2.24, 2.45) is 0 Å². The summed E-state index contributed by atoms with van der Waals surface area (Å²) in [6.45, 7) is 18.4. The third-order valence-corrected chi connectivity index (χ3v) is 9.83. The normalized spacial score (nSPS) is 13.2. The molecule has 5 heteroatoms. The number of allylic oxidation sites excluding steroid dienone is 2. The molecule has 2 aromatic rings. The van der Waals surface area contributed by atoms with Crippen molar-refractivity contribution in [2.45, 2.75) is 177 Å². The van der Waals surface area contributed by atoms with Crippen LogP contribution in [0.5, 0.6) is 0 Å². The first kappa shape index (κ1) is 43.8. The molecular weight excluding hydrogens is 905 g/mol. The molecular formula is C43H66I2N2Pd. The van der Waals surface area contributed by atoms with Gasteiger partial charge in [0.2, 0.25) is 11.4 Å². The van der Waals surface area contributed by atoms with Crippen molar-refractivity contribution in [1.82, 2.24) is 0 Å². The van der Waals surface area contributed by atoms with Crippen LogP contribution in [0.3, 0.4) is 0 Å². The number of nitrogens with zero attached hydrogens (tertiary/aromatic N) is 2. The van der Waals surface area contributed by atoms with E-state index in [1.54, 1.807) is 15.8 Å². The fourth-order valence-corrected chi connectivity index (χ4v) is 7.53. The van der Waals surface area contributed by atoms with Crippen LogP contribution in [-0.2, 0) is 49.3 Å². The molecule has 0 spiro atoms. The van der Waals surface area contributed by atoms with E-state index in [4.69, 9.17) is 0 Å². The Kier molecular flexibility index (Phi) is 22.6. The van der Waals surface area contributed by atoms with Crippen LogP contribution in [0.25, 0.3) is 16.9 Å². The fourth-order valence-electron chi connectivity index (χ4n) is 7.53. The molecule has 0 radical (unpaired) electrons. The molecule has 0 bridgehead atoms. The van der Waals surface area contributed by atoms with Crippen LogP contribution in [0.1, 0.15) is 183 Å². The van der Waals surface area contributed by atoms with Crippen molar-refractivity contribution in [3.63, 3.8) is 0 Å². The second kappa shape index (κ2) is 24.8. The van der Waals surface area contributed by atoms with Gasteiger partial charge in [-0.3, -0.25) is 0 Å². The Labute approximate surface area is 325 Å². The summed E-state index contributed by atoms with van der Waals surface area (Å²) in [6.07, 6.45) is 21.8. The summed E-state index contributed by atoms with van der Waals surface area (Å²) in [5.41, 5.74) is 28.8. The third-order valence-electron chi connectivity index (χ3n) is 9.83. The van der Waals surface area contributed by atoms with Gasteiger partial charge in [0.15, 0.2) is 0 Å². The first-order chi connectivity index (χ1) is 23.3. The zero-order valence-corrected chi connectivity index (χ0v) is 37.6. The van der Waals surface area contributed by atoms with Gasteiger partial charge >= 0.3 is 49.8 Å². The average Bonchev–Trinajstić information content (AvgIpc) is 3.36. The Bertz CT molecular complexity index is 1300. The summed E-state index contributed by atoms with van der Waals surface area (Å²) in [5.74, 6) is 0. The molecule has 0 amide bonds. The summed E-state index contributed by atoms with van der Waals surface area (Å²) < 4.78 is 1.64. The van der Waals surface area contributed by atoms with Crippen LogP contribution in [0.4, 0.5) is 0 Å². The third kappa shape index (κ3) is 12.1. The van der Waals surface area contributed by atoms with Crippen LogP contribution >= 0.6 is 39.0 Å². The van der Waals surface area contributed by atoms with E-state index in [9.17, 15) is 5.53 Å². The number of hydrogen-bond donors (Lipinski definition) is 0. The zero-order valence-electron chi connectivity index (χ0n) is 31.7. The fraction of sp³-hybridized carbons (Fsp3) is 0.628. The quantitative estimate of drug-likeness (QED) is 0.0677. The molecule has 1 aliphatic heterocycles. The second-order valence-corrected chi connectivity index (χ2v) is 25.6. The van der Waals surface area contributed by atoms with E-state index in [1.165, 1.54) is 95.9 Å². The van der Waals surface area contributed by atoms with Crippen molar-refractivity contribution in [3.05, 3.63) is 85.5 Å². The molecule has 0 saturated carbocycles. The molecule has 2 aromatic carbocycles. The van der Waals surface area contributed by atoms with E-state index in [1.807, 2.05) is 0 Å². The van der Waals surface area contributed by atoms with Crippen LogP contribution < -0.4 is 0 Å². The second-order valence-electron chi connectivity index (χ2n) is 13.6. The summed E-state index contributed by atoms with van der Waals surface area (Å²) in [7, 11) is 0.890. The average molecular weight is 971 g/mol. The van der Waals surface area contributed by atoms with E-state index in [-0.39, 0.29) is 0 Å². The minimum atomic E-state index is 0.890. The summed E-state index contributed by atoms with van der Waals surface area (Å²) in [5, 5.41) is 0. The van der Waals surface area contributed by atoms with Crippen molar-refractivity contribution in [1.29, 1.82) is 0 Å². The molecule has 1 heterocycles. The predicted octanol–water partition coefficient (Wildman–Crippen LogP) is 15.1. The van der Waals surface area contributed by atoms with Crippen LogP contribution in [0.15, 0.2) is 35.4 Å². The van der Waals surface area contributed by atoms with Gasteiger partial charge in [-0.2, -0.15) is 0 Å². The van der Waals surface area contributed by atoms with Crippen LogP contribution in [0, 0.1) is 0 Å². The first-order valence-electron chi connectivity index (χ1n) is 19.4. The minimum absolute atomic E-state index is 0.890. The molecule has 2 nitrogen and oxygen atoms in total. The van der Waals surface area contributed by atoms with Crippen LogP contribution in [0.2, 0.25) is 0 Å². The number of hydrogen-bond acceptors (Lipinski definition) is 0. The van der Waals surface area contributed by atoms with E-state index in [0.717, 1.165) is 92.8 Å². The van der Waals surface area contributed by atoms with Crippen molar-refractivity contribution in [2.75, 3.05) is 0 Å². The molecule has 0 atom stereocenters. The number of aryl methyl sites for hydroxylation is 4. The number of rotatable bonds is 21. The van der Waals surface area contributed by atoms with E-state index in [2.05, 4.69) is 119 Å². The molecule has 1 aliphatic rings. The number of benzene rings is 2. The van der Waals surface area contributed by atoms with Crippen molar-refractivity contribution < 1.29 is 15.4 Å². The van der Waals surface area contributed by atoms with Crippen LogP contribution in [-0.4, -0.2) is 4.70 Å². The van der Waals surface area contributed by atoms with Gasteiger partial charge < -0.3 is 5.53 Å². The predicted molar refractivity (Wildman–Crippen MR) is 226 cm³/mol. The SMILES string of the molecule is CCCCC1=C(c2cc(CCC)c(CCC)c(CCC)c2)[N+](=[N-])C(c2cc(CCCC)c(CCCC)c(CCCC)c2)=C1CC.[I][Pd][I]. The Hall–Kier alpha value is -0.358. The Balaban J connectivity index is 0.00000257. The molecule has 272 valence electrons. The molecule has 0 fully saturated rings. The molecule has 48 heavy (non-hydrogen) atoms. The monoisotopic (exact) mass is 970 g/mol. The Morgan fingerprint density at radius 3 is 1.23 bits per heavy atom. The Morgan fingerprint density at radius 1 is 0.479 bits per heavy atom. The van der Waals surface area contributed by atoms with Gasteiger partial charge in [-0.15, -0.1) is 0 Å². The molecule has 0 N–H and O–H groups in total. The summed E-state index contributed by atoms with van der Waals surface area (Å²) in [4.78, 5) is 0. The van der Waals surface area contributed by atoms with Gasteiger partial charge in [0.1, 0.15) is 0 Å². The van der Waals surface area contributed by atoms with E-state index >= 15 is 0 Å². The van der Waals surface area contributed by atoms with Gasteiger partial charge in [0, 0.05) is 22.3 Å². The van der Waals surface area contributed by atoms with Gasteiger partial charge in [-0.25, -0.2) is 4.70 Å². The molecule has 0 aliphatic carbocycles. The Morgan fingerprint density at radius 2 is 0.833 bits per heavy atom. The van der Waals surface area contributed by atoms with Crippen molar-refractivity contribution >= 4 is 50.4 Å². The molecule has 3 rings (SSSR count). The molecule has 0 aromatic heterocycles. The number of unbranched alkanes of at least 4 members (excludes halogenated alkanes) is 4. The van der Waals surface area contributed by atoms with Crippen molar-refractivity contribution in [3.8, 4) is 0 Å². The summed E-state index contributed by atoms with van der Waals surface area (Å²) >= 11 is 4.65. The zero-order chi connectivity index (χ0) is 35.5. The van der Waals surface area contributed by atoms with Gasteiger partial charge in [0.05, 0.1) is 0 Å². The maximum absolute atomic E-state index is 12.4. The molecule has 0 saturated heterocycles. The van der Waals surface area contributed by atoms with Gasteiger partial charge in [-0.05, 0) is 135 Å². The molecule has 0 unspecified atom stereocenters. The van der Waals surface area contributed by atoms with E-state index in [0.29, 0.717) is 0 Å². The maximum atomic E-state index is 12.4. The first-order valence-corrected chi connectivity index (χ1v) is 28.7.